The molecule has 33 heavy (non-hydrogen) atoms. The van der Waals surface area contributed by atoms with Crippen molar-refractivity contribution in [1.29, 1.82) is 0 Å². The molecule has 0 aliphatic rings. The summed E-state index contributed by atoms with van der Waals surface area (Å²) >= 11 is 0. The molecule has 1 amide bonds. The maximum Gasteiger partial charge on any atom is 0.270 e. The Labute approximate surface area is 190 Å². The lowest BCUT2D eigenvalue weighted by Gasteiger charge is -2.20. The van der Waals surface area contributed by atoms with Crippen LogP contribution in [0.1, 0.15) is 40.0 Å². The number of nitrogen functional groups attached to an aromatic ring is 1. The maximum absolute atomic E-state index is 14.4. The molecular weight excluding hydrogens is 421 g/mol. The summed E-state index contributed by atoms with van der Waals surface area (Å²) in [5.74, 6) is 4.29. The van der Waals surface area contributed by atoms with Crippen LogP contribution in [-0.2, 0) is 0 Å². The molecule has 0 radical (unpaired) electrons. The molecule has 1 heterocycles. The van der Waals surface area contributed by atoms with Crippen LogP contribution in [-0.4, -0.2) is 5.91 Å². The third-order valence-corrected chi connectivity index (χ3v) is 5.64. The fraction of sp³-hybridized carbons (Fsp3) is 0.154. The van der Waals surface area contributed by atoms with Gasteiger partial charge in [0, 0.05) is 16.7 Å². The lowest BCUT2D eigenvalue weighted by Crippen LogP contribution is -2.31. The van der Waals surface area contributed by atoms with Crippen molar-refractivity contribution in [3.8, 4) is 11.3 Å². The Morgan fingerprint density at radius 3 is 2.48 bits per heavy atom. The first-order chi connectivity index (χ1) is 15.8. The van der Waals surface area contributed by atoms with Crippen molar-refractivity contribution in [1.82, 2.24) is 5.43 Å². The minimum absolute atomic E-state index is 0.110. The molecule has 1 atom stereocenters. The number of fused-ring (bicyclic) bond motifs is 1. The van der Waals surface area contributed by atoms with Gasteiger partial charge in [0.1, 0.15) is 17.2 Å². The van der Waals surface area contributed by atoms with Crippen LogP contribution in [0.5, 0.6) is 0 Å². The molecule has 0 aliphatic carbocycles. The summed E-state index contributed by atoms with van der Waals surface area (Å²) in [6, 6.07) is 17.0. The highest BCUT2D eigenvalue weighted by Crippen LogP contribution is 2.33. The largest absolute Gasteiger partial charge is 0.455 e. The van der Waals surface area contributed by atoms with E-state index in [0.29, 0.717) is 27.9 Å². The van der Waals surface area contributed by atoms with E-state index < -0.39 is 17.8 Å². The Balaban J connectivity index is 1.88. The Hall–Kier alpha value is -3.97. The minimum Gasteiger partial charge on any atom is -0.455 e. The molecule has 0 aliphatic heterocycles. The van der Waals surface area contributed by atoms with E-state index in [2.05, 4.69) is 5.32 Å². The summed E-state index contributed by atoms with van der Waals surface area (Å²) in [5.41, 5.74) is 5.31. The molecule has 0 saturated carbocycles. The zero-order chi connectivity index (χ0) is 23.7. The summed E-state index contributed by atoms with van der Waals surface area (Å²) < 4.78 is 20.7. The van der Waals surface area contributed by atoms with Crippen LogP contribution in [0.25, 0.3) is 22.3 Å². The van der Waals surface area contributed by atoms with Crippen LogP contribution in [0.4, 0.5) is 10.1 Å². The van der Waals surface area contributed by atoms with Gasteiger partial charge in [0.15, 0.2) is 5.43 Å². The zero-order valence-corrected chi connectivity index (χ0v) is 18.5. The fourth-order valence-electron chi connectivity index (χ4n) is 4.01. The number of aryl methyl sites for hydroxylation is 1. The van der Waals surface area contributed by atoms with Crippen LogP contribution < -0.4 is 22.0 Å². The number of hydrogen-bond donors (Lipinski definition) is 3. The fourth-order valence-corrected chi connectivity index (χ4v) is 4.01. The van der Waals surface area contributed by atoms with Crippen molar-refractivity contribution in [3.63, 3.8) is 0 Å². The quantitative estimate of drug-likeness (QED) is 0.228. The second kappa shape index (κ2) is 8.88. The third-order valence-electron chi connectivity index (χ3n) is 5.64. The summed E-state index contributed by atoms with van der Waals surface area (Å²) in [7, 11) is 0. The third kappa shape index (κ3) is 4.10. The first-order valence-electron chi connectivity index (χ1n) is 10.5. The molecular formula is C26H24FN3O3. The normalized spacial score (nSPS) is 11.9. The van der Waals surface area contributed by atoms with Crippen LogP contribution in [0.2, 0.25) is 0 Å². The topological polar surface area (TPSA) is 97.4 Å². The first-order valence-corrected chi connectivity index (χ1v) is 10.5. The second-order valence-corrected chi connectivity index (χ2v) is 7.98. The van der Waals surface area contributed by atoms with E-state index in [0.717, 1.165) is 11.1 Å². The number of halogens is 1. The number of hydrazine groups is 1. The molecule has 0 spiro atoms. The number of hydrogen-bond acceptors (Lipinski definition) is 5. The monoisotopic (exact) mass is 445 g/mol. The molecule has 4 rings (SSSR count). The van der Waals surface area contributed by atoms with Crippen LogP contribution in [0, 0.1) is 19.7 Å². The summed E-state index contributed by atoms with van der Waals surface area (Å²) in [5, 5.41) is 3.64. The molecule has 0 fully saturated rings. The number of amides is 1. The van der Waals surface area contributed by atoms with Crippen LogP contribution >= 0.6 is 0 Å². The summed E-state index contributed by atoms with van der Waals surface area (Å²) in [6.45, 7) is 5.50. The molecule has 0 unspecified atom stereocenters. The number of nitrogens with two attached hydrogens (primary N) is 1. The molecule has 3 aromatic carbocycles. The average Bonchev–Trinajstić information content (AvgIpc) is 2.81. The van der Waals surface area contributed by atoms with Gasteiger partial charge in [0.25, 0.3) is 5.91 Å². The molecule has 4 aromatic rings. The maximum atomic E-state index is 14.4. The van der Waals surface area contributed by atoms with Gasteiger partial charge in [0.05, 0.1) is 22.7 Å². The van der Waals surface area contributed by atoms with Gasteiger partial charge in [-0.25, -0.2) is 10.2 Å². The van der Waals surface area contributed by atoms with Crippen molar-refractivity contribution in [3.05, 3.63) is 99.0 Å². The molecule has 6 nitrogen and oxygen atoms in total. The van der Waals surface area contributed by atoms with Crippen molar-refractivity contribution in [2.45, 2.75) is 26.8 Å². The van der Waals surface area contributed by atoms with Crippen molar-refractivity contribution in [2.75, 3.05) is 5.32 Å². The van der Waals surface area contributed by atoms with Crippen LogP contribution in [0.15, 0.2) is 69.9 Å². The molecule has 0 saturated heterocycles. The van der Waals surface area contributed by atoms with Gasteiger partial charge in [-0.2, -0.15) is 0 Å². The Kier molecular flexibility index (Phi) is 5.98. The van der Waals surface area contributed by atoms with Crippen molar-refractivity contribution >= 4 is 22.6 Å². The van der Waals surface area contributed by atoms with E-state index in [9.17, 15) is 14.0 Å². The van der Waals surface area contributed by atoms with Gasteiger partial charge in [-0.3, -0.25) is 15.0 Å². The van der Waals surface area contributed by atoms with Crippen molar-refractivity contribution < 1.29 is 13.6 Å². The lowest BCUT2D eigenvalue weighted by molar-refractivity contribution is 0.0950. The number of rotatable bonds is 5. The standard InChI is InChI=1S/C26H24FN3O3/c1-14-12-18(16(3)29-21-11-7-10-20(27)22(21)26(32)30-28)25-19(13-14)23(31)15(2)24(33-25)17-8-5-4-6-9-17/h4-13,16,29H,28H2,1-3H3,(H,30,32)/t16-/m1/s1. The van der Waals surface area contributed by atoms with E-state index in [1.165, 1.54) is 12.1 Å². The molecule has 4 N–H and O–H groups in total. The van der Waals surface area contributed by atoms with Gasteiger partial charge in [-0.1, -0.05) is 42.5 Å². The van der Waals surface area contributed by atoms with Gasteiger partial charge >= 0.3 is 0 Å². The van der Waals surface area contributed by atoms with E-state index in [1.54, 1.807) is 19.1 Å². The van der Waals surface area contributed by atoms with Gasteiger partial charge in [-0.15, -0.1) is 0 Å². The Morgan fingerprint density at radius 1 is 1.06 bits per heavy atom. The van der Waals surface area contributed by atoms with Crippen LogP contribution in [0.3, 0.4) is 0 Å². The van der Waals surface area contributed by atoms with E-state index >= 15 is 0 Å². The summed E-state index contributed by atoms with van der Waals surface area (Å²) in [4.78, 5) is 25.4. The highest BCUT2D eigenvalue weighted by Gasteiger charge is 2.21. The SMILES string of the molecule is Cc1cc([C@@H](C)Nc2cccc(F)c2C(=O)NN)c2oc(-c3ccccc3)c(C)c(=O)c2c1. The predicted octanol–water partition coefficient (Wildman–Crippen LogP) is 4.99. The number of benzene rings is 3. The molecule has 7 heteroatoms. The lowest BCUT2D eigenvalue weighted by atomic mass is 9.98. The zero-order valence-electron chi connectivity index (χ0n) is 18.5. The van der Waals surface area contributed by atoms with E-state index in [1.807, 2.05) is 55.7 Å². The summed E-state index contributed by atoms with van der Waals surface area (Å²) in [6.07, 6.45) is 0. The molecule has 1 aromatic heterocycles. The van der Waals surface area contributed by atoms with E-state index in [-0.39, 0.29) is 16.7 Å². The predicted molar refractivity (Wildman–Crippen MR) is 127 cm³/mol. The number of carbonyl (C=O) groups excluding carboxylic acids is 1. The van der Waals surface area contributed by atoms with Gasteiger partial charge < -0.3 is 9.73 Å². The Morgan fingerprint density at radius 2 is 1.79 bits per heavy atom. The molecule has 168 valence electrons. The van der Waals surface area contributed by atoms with Gasteiger partial charge in [0.2, 0.25) is 0 Å². The number of anilines is 1. The van der Waals surface area contributed by atoms with E-state index in [4.69, 9.17) is 10.3 Å². The highest BCUT2D eigenvalue weighted by molar-refractivity contribution is 5.99. The number of nitrogens with one attached hydrogen (secondary N) is 2. The number of carbonyl (C=O) groups is 1. The Bertz CT molecular complexity index is 1410. The average molecular weight is 445 g/mol. The van der Waals surface area contributed by atoms with Gasteiger partial charge in [-0.05, 0) is 44.5 Å². The second-order valence-electron chi connectivity index (χ2n) is 7.98. The highest BCUT2D eigenvalue weighted by atomic mass is 19.1. The smallest absolute Gasteiger partial charge is 0.270 e. The van der Waals surface area contributed by atoms with Crippen molar-refractivity contribution in [2.24, 2.45) is 5.84 Å². The minimum atomic E-state index is -0.745. The molecule has 0 bridgehead atoms. The first kappa shape index (κ1) is 22.2.